The second-order valence-corrected chi connectivity index (χ2v) is 4.75. The molecule has 6 heteroatoms. The Hall–Kier alpha value is -0.980. The predicted molar refractivity (Wildman–Crippen MR) is 65.0 cm³/mol. The molecule has 1 saturated carbocycles. The Balaban J connectivity index is 1.55. The lowest BCUT2D eigenvalue weighted by molar-refractivity contribution is -0.00555. The first-order valence-electron chi connectivity index (χ1n) is 6.53. The highest BCUT2D eigenvalue weighted by molar-refractivity contribution is 4.83. The van der Waals surface area contributed by atoms with Gasteiger partial charge in [0, 0.05) is 13.5 Å². The van der Waals surface area contributed by atoms with Crippen molar-refractivity contribution in [3.8, 4) is 0 Å². The van der Waals surface area contributed by atoms with E-state index in [0.717, 1.165) is 12.8 Å². The fourth-order valence-electron chi connectivity index (χ4n) is 2.12. The Morgan fingerprint density at radius 2 is 2.28 bits per heavy atom. The van der Waals surface area contributed by atoms with Gasteiger partial charge in [0.05, 0.1) is 25.4 Å². The van der Waals surface area contributed by atoms with Crippen LogP contribution in [0.15, 0.2) is 4.52 Å². The normalized spacial score (nSPS) is 18.3. The van der Waals surface area contributed by atoms with Gasteiger partial charge in [-0.25, -0.2) is 0 Å². The monoisotopic (exact) mass is 255 g/mol. The van der Waals surface area contributed by atoms with E-state index in [2.05, 4.69) is 15.5 Å². The summed E-state index contributed by atoms with van der Waals surface area (Å²) in [6.45, 7) is 3.11. The van der Waals surface area contributed by atoms with Gasteiger partial charge in [0.25, 0.3) is 0 Å². The van der Waals surface area contributed by atoms with Gasteiger partial charge < -0.3 is 19.7 Å². The quantitative estimate of drug-likeness (QED) is 0.749. The van der Waals surface area contributed by atoms with Crippen LogP contribution in [-0.2, 0) is 11.3 Å². The lowest BCUT2D eigenvalue weighted by atomic mass is 10.3. The largest absolute Gasteiger partial charge is 0.389 e. The minimum Gasteiger partial charge on any atom is -0.389 e. The molecular weight excluding hydrogens is 234 g/mol. The third-order valence-electron chi connectivity index (χ3n) is 3.06. The second-order valence-electron chi connectivity index (χ2n) is 4.75. The average molecular weight is 255 g/mol. The minimum absolute atomic E-state index is 0.347. The average Bonchev–Trinajstić information content (AvgIpc) is 2.98. The summed E-state index contributed by atoms with van der Waals surface area (Å²) in [5.41, 5.74) is 0. The van der Waals surface area contributed by atoms with E-state index in [1.807, 2.05) is 0 Å². The molecule has 1 unspecified atom stereocenters. The van der Waals surface area contributed by atoms with Crippen LogP contribution in [0.25, 0.3) is 0 Å². The zero-order valence-corrected chi connectivity index (χ0v) is 10.8. The van der Waals surface area contributed by atoms with E-state index >= 15 is 0 Å². The van der Waals surface area contributed by atoms with Crippen LogP contribution >= 0.6 is 0 Å². The first-order valence-corrected chi connectivity index (χ1v) is 6.53. The van der Waals surface area contributed by atoms with Crippen molar-refractivity contribution in [3.63, 3.8) is 0 Å². The van der Waals surface area contributed by atoms with Crippen LogP contribution in [-0.4, -0.2) is 40.6 Å². The van der Waals surface area contributed by atoms with Crippen molar-refractivity contribution in [2.45, 2.75) is 51.4 Å². The van der Waals surface area contributed by atoms with E-state index in [-0.39, 0.29) is 0 Å². The smallest absolute Gasteiger partial charge is 0.223 e. The predicted octanol–water partition coefficient (Wildman–Crippen LogP) is 0.788. The highest BCUT2D eigenvalue weighted by atomic mass is 16.5. The number of hydrogen-bond acceptors (Lipinski definition) is 6. The summed E-state index contributed by atoms with van der Waals surface area (Å²) >= 11 is 0. The number of aryl methyl sites for hydroxylation is 1. The number of rotatable bonds is 7. The number of aliphatic hydroxyl groups is 1. The second kappa shape index (κ2) is 6.82. The SMILES string of the molecule is Cc1nc(CNCC(O)COC2CCCC2)no1. The maximum atomic E-state index is 9.74. The molecule has 1 fully saturated rings. The first-order chi connectivity index (χ1) is 8.74. The Bertz CT molecular complexity index is 350. The molecule has 0 bridgehead atoms. The minimum atomic E-state index is -0.487. The van der Waals surface area contributed by atoms with Crippen LogP contribution in [0.3, 0.4) is 0 Å². The highest BCUT2D eigenvalue weighted by Gasteiger charge is 2.16. The molecule has 0 saturated heterocycles. The molecule has 6 nitrogen and oxygen atoms in total. The summed E-state index contributed by atoms with van der Waals surface area (Å²) in [5.74, 6) is 1.16. The van der Waals surface area contributed by atoms with Crippen molar-refractivity contribution in [1.29, 1.82) is 0 Å². The summed E-state index contributed by atoms with van der Waals surface area (Å²) in [5, 5.41) is 16.6. The molecule has 2 N–H and O–H groups in total. The standard InChI is InChI=1S/C12H21N3O3/c1-9-14-12(15-18-9)7-13-6-10(16)8-17-11-4-2-3-5-11/h10-11,13,16H,2-8H2,1H3. The summed E-state index contributed by atoms with van der Waals surface area (Å²) in [6, 6.07) is 0. The summed E-state index contributed by atoms with van der Waals surface area (Å²) in [6.07, 6.45) is 4.61. The van der Waals surface area contributed by atoms with Crippen LogP contribution in [0.2, 0.25) is 0 Å². The lowest BCUT2D eigenvalue weighted by Crippen LogP contribution is -2.31. The summed E-state index contributed by atoms with van der Waals surface area (Å²) in [7, 11) is 0. The fraction of sp³-hybridized carbons (Fsp3) is 0.833. The molecular formula is C12H21N3O3. The molecule has 1 aromatic heterocycles. The van der Waals surface area contributed by atoms with Crippen LogP contribution in [0.5, 0.6) is 0 Å². The molecule has 0 spiro atoms. The molecule has 1 aliphatic carbocycles. The van der Waals surface area contributed by atoms with Gasteiger partial charge in [0.2, 0.25) is 5.89 Å². The molecule has 0 radical (unpaired) electrons. The Labute approximate surface area is 107 Å². The maximum Gasteiger partial charge on any atom is 0.223 e. The Morgan fingerprint density at radius 1 is 1.50 bits per heavy atom. The Kier molecular flexibility index (Phi) is 5.10. The van der Waals surface area contributed by atoms with E-state index in [4.69, 9.17) is 9.26 Å². The van der Waals surface area contributed by atoms with Crippen molar-refractivity contribution in [2.75, 3.05) is 13.2 Å². The van der Waals surface area contributed by atoms with Crippen molar-refractivity contribution in [1.82, 2.24) is 15.5 Å². The first kappa shape index (κ1) is 13.5. The van der Waals surface area contributed by atoms with Gasteiger partial charge in [-0.1, -0.05) is 18.0 Å². The number of nitrogens with zero attached hydrogens (tertiary/aromatic N) is 2. The number of aliphatic hydroxyl groups excluding tert-OH is 1. The van der Waals surface area contributed by atoms with Gasteiger partial charge in [-0.2, -0.15) is 4.98 Å². The summed E-state index contributed by atoms with van der Waals surface area (Å²) in [4.78, 5) is 4.06. The number of nitrogens with one attached hydrogen (secondary N) is 1. The van der Waals surface area contributed by atoms with Crippen molar-refractivity contribution in [3.05, 3.63) is 11.7 Å². The molecule has 1 atom stereocenters. The fourth-order valence-corrected chi connectivity index (χ4v) is 2.12. The van der Waals surface area contributed by atoms with Gasteiger partial charge in [0.1, 0.15) is 0 Å². The van der Waals surface area contributed by atoms with E-state index < -0.39 is 6.10 Å². The molecule has 1 aromatic rings. The van der Waals surface area contributed by atoms with Crippen LogP contribution < -0.4 is 5.32 Å². The van der Waals surface area contributed by atoms with Gasteiger partial charge in [-0.05, 0) is 12.8 Å². The topological polar surface area (TPSA) is 80.4 Å². The molecule has 1 heterocycles. The van der Waals surface area contributed by atoms with Crippen molar-refractivity contribution in [2.24, 2.45) is 0 Å². The van der Waals surface area contributed by atoms with Crippen molar-refractivity contribution < 1.29 is 14.4 Å². The number of hydrogen-bond donors (Lipinski definition) is 2. The van der Waals surface area contributed by atoms with Gasteiger partial charge in [0.15, 0.2) is 5.82 Å². The van der Waals surface area contributed by atoms with Gasteiger partial charge >= 0.3 is 0 Å². The number of ether oxygens (including phenoxy) is 1. The Morgan fingerprint density at radius 3 is 2.94 bits per heavy atom. The van der Waals surface area contributed by atoms with Crippen molar-refractivity contribution >= 4 is 0 Å². The zero-order valence-electron chi connectivity index (χ0n) is 10.8. The summed E-state index contributed by atoms with van der Waals surface area (Å²) < 4.78 is 10.5. The van der Waals surface area contributed by atoms with Gasteiger partial charge in [-0.15, -0.1) is 0 Å². The van der Waals surface area contributed by atoms with E-state index in [9.17, 15) is 5.11 Å². The third-order valence-corrected chi connectivity index (χ3v) is 3.06. The van der Waals surface area contributed by atoms with Crippen LogP contribution in [0.1, 0.15) is 37.4 Å². The molecule has 0 amide bonds. The van der Waals surface area contributed by atoms with E-state index in [0.29, 0.717) is 37.5 Å². The molecule has 1 aliphatic rings. The lowest BCUT2D eigenvalue weighted by Gasteiger charge is -2.15. The molecule has 0 aromatic carbocycles. The van der Waals surface area contributed by atoms with Crippen LogP contribution in [0, 0.1) is 6.92 Å². The molecule has 102 valence electrons. The molecule has 2 rings (SSSR count). The third kappa shape index (κ3) is 4.36. The highest BCUT2D eigenvalue weighted by Crippen LogP contribution is 2.20. The molecule has 0 aliphatic heterocycles. The number of aromatic nitrogens is 2. The zero-order chi connectivity index (χ0) is 12.8. The van der Waals surface area contributed by atoms with Gasteiger partial charge in [-0.3, -0.25) is 0 Å². The molecule has 18 heavy (non-hydrogen) atoms. The van der Waals surface area contributed by atoms with E-state index in [1.54, 1.807) is 6.92 Å². The van der Waals surface area contributed by atoms with E-state index in [1.165, 1.54) is 12.8 Å². The maximum absolute atomic E-state index is 9.74. The van der Waals surface area contributed by atoms with Crippen LogP contribution in [0.4, 0.5) is 0 Å².